The molecule has 4 heteroatoms. The van der Waals surface area contributed by atoms with Crippen LogP contribution in [0.1, 0.15) is 78.1 Å². The van der Waals surface area contributed by atoms with Gasteiger partial charge in [-0.3, -0.25) is 9.59 Å². The molecule has 0 saturated carbocycles. The van der Waals surface area contributed by atoms with Gasteiger partial charge in [0.05, 0.1) is 0 Å². The third-order valence-electron chi connectivity index (χ3n) is 3.45. The van der Waals surface area contributed by atoms with Crippen molar-refractivity contribution >= 4 is 11.9 Å². The largest absolute Gasteiger partial charge is 0.480 e. The highest BCUT2D eigenvalue weighted by molar-refractivity contribution is 5.81. The summed E-state index contributed by atoms with van der Waals surface area (Å²) in [7, 11) is 0. The number of carboxylic acids is 1. The van der Waals surface area contributed by atoms with E-state index < -0.39 is 5.97 Å². The van der Waals surface area contributed by atoms with Gasteiger partial charge in [0.1, 0.15) is 6.54 Å². The molecule has 0 unspecified atom stereocenters. The monoisotopic (exact) mass is 285 g/mol. The highest BCUT2D eigenvalue weighted by atomic mass is 16.4. The molecule has 0 bridgehead atoms. The van der Waals surface area contributed by atoms with Gasteiger partial charge in [0.25, 0.3) is 0 Å². The maximum Gasteiger partial charge on any atom is 0.323 e. The van der Waals surface area contributed by atoms with Crippen molar-refractivity contribution in [2.45, 2.75) is 78.1 Å². The van der Waals surface area contributed by atoms with Crippen LogP contribution < -0.4 is 0 Å². The second kappa shape index (κ2) is 12.9. The molecule has 0 saturated heterocycles. The molecule has 0 atom stereocenters. The van der Waals surface area contributed by atoms with Crippen LogP contribution in [0.15, 0.2) is 0 Å². The van der Waals surface area contributed by atoms with Gasteiger partial charge < -0.3 is 10.0 Å². The summed E-state index contributed by atoms with van der Waals surface area (Å²) in [5.41, 5.74) is 0. The first-order valence-corrected chi connectivity index (χ1v) is 8.11. The van der Waals surface area contributed by atoms with Crippen LogP contribution in [0.25, 0.3) is 0 Å². The molecule has 0 aromatic carbocycles. The smallest absolute Gasteiger partial charge is 0.323 e. The van der Waals surface area contributed by atoms with Gasteiger partial charge in [-0.05, 0) is 12.8 Å². The molecule has 1 amide bonds. The molecule has 1 N–H and O–H groups in total. The van der Waals surface area contributed by atoms with E-state index in [-0.39, 0.29) is 12.5 Å². The predicted molar refractivity (Wildman–Crippen MR) is 81.7 cm³/mol. The van der Waals surface area contributed by atoms with E-state index in [4.69, 9.17) is 5.11 Å². The van der Waals surface area contributed by atoms with Gasteiger partial charge in [0.15, 0.2) is 0 Å². The summed E-state index contributed by atoms with van der Waals surface area (Å²) in [4.78, 5) is 24.2. The fourth-order valence-electron chi connectivity index (χ4n) is 2.20. The van der Waals surface area contributed by atoms with E-state index >= 15 is 0 Å². The Hall–Kier alpha value is -1.06. The molecule has 0 aromatic heterocycles. The number of nitrogens with zero attached hydrogens (tertiary/aromatic N) is 1. The topological polar surface area (TPSA) is 57.6 Å². The summed E-state index contributed by atoms with van der Waals surface area (Å²) >= 11 is 0. The Morgan fingerprint density at radius 1 is 0.850 bits per heavy atom. The maximum atomic E-state index is 12.0. The van der Waals surface area contributed by atoms with E-state index in [9.17, 15) is 9.59 Å². The number of carboxylic acid groups (broad SMARTS) is 1. The number of amides is 1. The molecule has 0 fully saturated rings. The molecule has 0 heterocycles. The van der Waals surface area contributed by atoms with Crippen LogP contribution in [0.3, 0.4) is 0 Å². The second-order valence-electron chi connectivity index (χ2n) is 5.43. The van der Waals surface area contributed by atoms with Crippen molar-refractivity contribution in [2.75, 3.05) is 13.1 Å². The van der Waals surface area contributed by atoms with Crippen LogP contribution in [0.5, 0.6) is 0 Å². The van der Waals surface area contributed by atoms with Gasteiger partial charge in [-0.1, -0.05) is 58.8 Å². The first kappa shape index (κ1) is 18.9. The molecule has 0 aromatic rings. The Morgan fingerprint density at radius 3 is 1.95 bits per heavy atom. The molecule has 0 aliphatic heterocycles. The number of rotatable bonds is 13. The number of hydrogen-bond donors (Lipinski definition) is 1. The molecule has 20 heavy (non-hydrogen) atoms. The minimum absolute atomic E-state index is 0.00518. The molecular formula is C16H31NO3. The predicted octanol–water partition coefficient (Wildman–Crippen LogP) is 3.84. The standard InChI is InChI=1S/C16H31NO3/c1-3-5-7-8-9-10-11-12-15(18)17(13-6-4-2)14-16(19)20/h3-14H2,1-2H3,(H,19,20). The van der Waals surface area contributed by atoms with Gasteiger partial charge in [-0.2, -0.15) is 0 Å². The zero-order valence-electron chi connectivity index (χ0n) is 13.2. The van der Waals surface area contributed by atoms with Gasteiger partial charge in [-0.15, -0.1) is 0 Å². The quantitative estimate of drug-likeness (QED) is 0.523. The van der Waals surface area contributed by atoms with Crippen molar-refractivity contribution in [2.24, 2.45) is 0 Å². The van der Waals surface area contributed by atoms with Gasteiger partial charge >= 0.3 is 5.97 Å². The summed E-state index contributed by atoms with van der Waals surface area (Å²) in [5, 5.41) is 8.83. The Morgan fingerprint density at radius 2 is 1.40 bits per heavy atom. The fraction of sp³-hybridized carbons (Fsp3) is 0.875. The first-order valence-electron chi connectivity index (χ1n) is 8.11. The summed E-state index contributed by atoms with van der Waals surface area (Å²) in [6, 6.07) is 0. The highest BCUT2D eigenvalue weighted by Crippen LogP contribution is 2.10. The number of hydrogen-bond acceptors (Lipinski definition) is 2. The lowest BCUT2D eigenvalue weighted by atomic mass is 10.1. The second-order valence-corrected chi connectivity index (χ2v) is 5.43. The fourth-order valence-corrected chi connectivity index (χ4v) is 2.20. The van der Waals surface area contributed by atoms with E-state index in [1.165, 1.54) is 37.0 Å². The van der Waals surface area contributed by atoms with Crippen LogP contribution >= 0.6 is 0 Å². The Balaban J connectivity index is 3.79. The van der Waals surface area contributed by atoms with Crippen molar-refractivity contribution in [3.63, 3.8) is 0 Å². The first-order chi connectivity index (χ1) is 9.61. The SMILES string of the molecule is CCCCCCCCCC(=O)N(CCCC)CC(=O)O. The van der Waals surface area contributed by atoms with Crippen molar-refractivity contribution < 1.29 is 14.7 Å². The average molecular weight is 285 g/mol. The Kier molecular flexibility index (Phi) is 12.3. The molecule has 4 nitrogen and oxygen atoms in total. The molecule has 0 radical (unpaired) electrons. The van der Waals surface area contributed by atoms with E-state index in [0.717, 1.165) is 25.7 Å². The van der Waals surface area contributed by atoms with Gasteiger partial charge in [0.2, 0.25) is 5.91 Å². The normalized spacial score (nSPS) is 10.5. The van der Waals surface area contributed by atoms with Crippen LogP contribution in [-0.2, 0) is 9.59 Å². The number of unbranched alkanes of at least 4 members (excludes halogenated alkanes) is 7. The summed E-state index contributed by atoms with van der Waals surface area (Å²) in [6.45, 7) is 4.65. The van der Waals surface area contributed by atoms with E-state index in [2.05, 4.69) is 6.92 Å². The van der Waals surface area contributed by atoms with Crippen LogP contribution in [0.4, 0.5) is 0 Å². The summed E-state index contributed by atoms with van der Waals surface area (Å²) < 4.78 is 0. The van der Waals surface area contributed by atoms with Crippen molar-refractivity contribution in [3.05, 3.63) is 0 Å². The van der Waals surface area contributed by atoms with Crippen molar-refractivity contribution in [1.82, 2.24) is 4.90 Å². The molecule has 118 valence electrons. The van der Waals surface area contributed by atoms with E-state index in [1.807, 2.05) is 6.92 Å². The third-order valence-corrected chi connectivity index (χ3v) is 3.45. The lowest BCUT2D eigenvalue weighted by Gasteiger charge is -2.20. The number of carbonyl (C=O) groups excluding carboxylic acids is 1. The lowest BCUT2D eigenvalue weighted by Crippen LogP contribution is -2.36. The summed E-state index contributed by atoms with van der Waals surface area (Å²) in [5.74, 6) is -0.927. The lowest BCUT2D eigenvalue weighted by molar-refractivity contribution is -0.144. The maximum absolute atomic E-state index is 12.0. The zero-order chi connectivity index (χ0) is 15.2. The van der Waals surface area contributed by atoms with E-state index in [0.29, 0.717) is 13.0 Å². The highest BCUT2D eigenvalue weighted by Gasteiger charge is 2.15. The van der Waals surface area contributed by atoms with Gasteiger partial charge in [-0.25, -0.2) is 0 Å². The zero-order valence-corrected chi connectivity index (χ0v) is 13.2. The van der Waals surface area contributed by atoms with Gasteiger partial charge in [0, 0.05) is 13.0 Å². The Labute approximate surface area is 123 Å². The number of aliphatic carboxylic acids is 1. The van der Waals surface area contributed by atoms with Crippen LogP contribution in [-0.4, -0.2) is 35.0 Å². The molecular weight excluding hydrogens is 254 g/mol. The molecule has 0 aliphatic carbocycles. The van der Waals surface area contributed by atoms with Crippen LogP contribution in [0, 0.1) is 0 Å². The number of carbonyl (C=O) groups is 2. The van der Waals surface area contributed by atoms with E-state index in [1.54, 1.807) is 0 Å². The third kappa shape index (κ3) is 10.8. The van der Waals surface area contributed by atoms with Crippen LogP contribution in [0.2, 0.25) is 0 Å². The van der Waals surface area contributed by atoms with Crippen molar-refractivity contribution in [1.29, 1.82) is 0 Å². The van der Waals surface area contributed by atoms with Crippen molar-refractivity contribution in [3.8, 4) is 0 Å². The minimum atomic E-state index is -0.922. The molecule has 0 spiro atoms. The molecule has 0 rings (SSSR count). The summed E-state index contributed by atoms with van der Waals surface area (Å²) in [6.07, 6.45) is 10.5. The Bertz CT molecular complexity index is 266. The average Bonchev–Trinajstić information content (AvgIpc) is 2.41. The molecule has 0 aliphatic rings. The minimum Gasteiger partial charge on any atom is -0.480 e.